The van der Waals surface area contributed by atoms with E-state index in [1.165, 1.54) is 6.21 Å². The van der Waals surface area contributed by atoms with Gasteiger partial charge in [0.15, 0.2) is 5.88 Å². The second-order valence-corrected chi connectivity index (χ2v) is 7.66. The number of carbonyl (C=O) groups excluding carboxylic acids is 1. The van der Waals surface area contributed by atoms with Crippen molar-refractivity contribution in [2.45, 2.75) is 20.8 Å². The number of aryl methyl sites for hydroxylation is 1. The quantitative estimate of drug-likeness (QED) is 0.284. The highest BCUT2D eigenvalue weighted by Gasteiger charge is 2.11. The summed E-state index contributed by atoms with van der Waals surface area (Å²) in [6.07, 6.45) is 1.51. The van der Waals surface area contributed by atoms with Crippen molar-refractivity contribution in [1.29, 1.82) is 0 Å². The Labute approximate surface area is 194 Å². The van der Waals surface area contributed by atoms with E-state index in [2.05, 4.69) is 65.0 Å². The van der Waals surface area contributed by atoms with Crippen LogP contribution in [-0.2, 0) is 0 Å². The lowest BCUT2D eigenvalue weighted by molar-refractivity contribution is 0.0955. The van der Waals surface area contributed by atoms with Gasteiger partial charge in [-0.1, -0.05) is 30.3 Å². The second kappa shape index (κ2) is 10.0. The molecule has 0 bridgehead atoms. The lowest BCUT2D eigenvalue weighted by Gasteiger charge is -2.16. The zero-order chi connectivity index (χ0) is 23.2. The first-order valence-electron chi connectivity index (χ1n) is 11.1. The van der Waals surface area contributed by atoms with E-state index in [0.717, 1.165) is 41.6 Å². The van der Waals surface area contributed by atoms with Gasteiger partial charge in [0.1, 0.15) is 5.76 Å². The van der Waals surface area contributed by atoms with Gasteiger partial charge in [0.2, 0.25) is 0 Å². The predicted molar refractivity (Wildman–Crippen MR) is 133 cm³/mol. The fourth-order valence-electron chi connectivity index (χ4n) is 3.81. The maximum absolute atomic E-state index is 12.5. The highest BCUT2D eigenvalue weighted by atomic mass is 16.4. The van der Waals surface area contributed by atoms with Crippen LogP contribution in [0.15, 0.2) is 88.4 Å². The van der Waals surface area contributed by atoms with Crippen LogP contribution in [0.1, 0.15) is 35.7 Å². The molecule has 6 nitrogen and oxygen atoms in total. The molecule has 6 heteroatoms. The first kappa shape index (κ1) is 22.1. The van der Waals surface area contributed by atoms with E-state index in [-0.39, 0.29) is 5.91 Å². The summed E-state index contributed by atoms with van der Waals surface area (Å²) < 4.78 is 7.93. The molecule has 0 unspecified atom stereocenters. The summed E-state index contributed by atoms with van der Waals surface area (Å²) in [7, 11) is 0. The monoisotopic (exact) mass is 440 g/mol. The molecule has 0 fully saturated rings. The van der Waals surface area contributed by atoms with Crippen LogP contribution in [0.2, 0.25) is 0 Å². The van der Waals surface area contributed by atoms with Gasteiger partial charge in [0.05, 0.1) is 11.9 Å². The smallest absolute Gasteiger partial charge is 0.271 e. The number of hydrogen-bond acceptors (Lipinski definition) is 4. The van der Waals surface area contributed by atoms with Crippen LogP contribution in [0.5, 0.6) is 0 Å². The Morgan fingerprint density at radius 3 is 2.39 bits per heavy atom. The first-order valence-corrected chi connectivity index (χ1v) is 11.1. The number of nitrogens with one attached hydrogen (secondary N) is 1. The molecule has 0 aliphatic carbocycles. The minimum atomic E-state index is -0.277. The van der Waals surface area contributed by atoms with Crippen LogP contribution in [0.3, 0.4) is 0 Å². The number of furan rings is 1. The van der Waals surface area contributed by atoms with E-state index in [1.54, 1.807) is 12.1 Å². The van der Waals surface area contributed by atoms with Crippen molar-refractivity contribution in [3.8, 4) is 16.9 Å². The third kappa shape index (κ3) is 4.90. The van der Waals surface area contributed by atoms with Crippen LogP contribution in [-0.4, -0.2) is 29.8 Å². The molecule has 0 spiro atoms. The molecule has 168 valence electrons. The molecule has 0 aliphatic heterocycles. The van der Waals surface area contributed by atoms with Crippen LogP contribution in [0.4, 0.5) is 5.88 Å². The summed E-state index contributed by atoms with van der Waals surface area (Å²) in [5.74, 6) is 1.10. The Morgan fingerprint density at radius 2 is 1.70 bits per heavy atom. The van der Waals surface area contributed by atoms with Crippen LogP contribution in [0, 0.1) is 6.92 Å². The van der Waals surface area contributed by atoms with Gasteiger partial charge < -0.3 is 13.9 Å². The zero-order valence-electron chi connectivity index (χ0n) is 19.2. The Kier molecular flexibility index (Phi) is 6.74. The molecule has 33 heavy (non-hydrogen) atoms. The Morgan fingerprint density at radius 1 is 0.970 bits per heavy atom. The van der Waals surface area contributed by atoms with Crippen molar-refractivity contribution in [3.63, 3.8) is 0 Å². The van der Waals surface area contributed by atoms with Gasteiger partial charge in [-0.05, 0) is 68.8 Å². The maximum atomic E-state index is 12.5. The van der Waals surface area contributed by atoms with E-state index in [1.807, 2.05) is 42.5 Å². The average molecular weight is 441 g/mol. The lowest BCUT2D eigenvalue weighted by atomic mass is 10.1. The summed E-state index contributed by atoms with van der Waals surface area (Å²) in [5, 5.41) is 4.04. The van der Waals surface area contributed by atoms with Crippen molar-refractivity contribution in [2.75, 3.05) is 18.0 Å². The fourth-order valence-corrected chi connectivity index (χ4v) is 3.81. The van der Waals surface area contributed by atoms with E-state index in [0.29, 0.717) is 11.3 Å². The zero-order valence-corrected chi connectivity index (χ0v) is 19.2. The standard InChI is InChI=1S/C27H28N4O2/c1-4-30(5-2)26-18-16-24(33-26)19-28-29-27(32)22-12-14-23(15-13-22)31-20(3)11-17-25(31)21-9-7-6-8-10-21/h6-19H,4-5H2,1-3H3,(H,29,32)/b28-19+. The molecule has 0 radical (unpaired) electrons. The second-order valence-electron chi connectivity index (χ2n) is 7.66. The van der Waals surface area contributed by atoms with Crippen LogP contribution in [0.25, 0.3) is 16.9 Å². The topological polar surface area (TPSA) is 62.8 Å². The lowest BCUT2D eigenvalue weighted by Crippen LogP contribution is -2.20. The number of rotatable bonds is 8. The molecule has 2 aromatic heterocycles. The van der Waals surface area contributed by atoms with Gasteiger partial charge in [0.25, 0.3) is 5.91 Å². The molecule has 0 atom stereocenters. The largest absolute Gasteiger partial charge is 0.440 e. The van der Waals surface area contributed by atoms with E-state index in [4.69, 9.17) is 4.42 Å². The number of amides is 1. The number of aromatic nitrogens is 1. The molecule has 1 N–H and O–H groups in total. The van der Waals surface area contributed by atoms with E-state index in [9.17, 15) is 4.79 Å². The molecular formula is C27H28N4O2. The van der Waals surface area contributed by atoms with Gasteiger partial charge >= 0.3 is 0 Å². The summed E-state index contributed by atoms with van der Waals surface area (Å²) in [4.78, 5) is 14.6. The van der Waals surface area contributed by atoms with Gasteiger partial charge in [0, 0.05) is 36.1 Å². The van der Waals surface area contributed by atoms with Gasteiger partial charge in [-0.25, -0.2) is 5.43 Å². The van der Waals surface area contributed by atoms with E-state index < -0.39 is 0 Å². The molecule has 0 aliphatic rings. The first-order chi connectivity index (χ1) is 16.1. The van der Waals surface area contributed by atoms with Crippen molar-refractivity contribution >= 4 is 18.0 Å². The summed E-state index contributed by atoms with van der Waals surface area (Å²) in [6, 6.07) is 25.7. The number of nitrogens with zero attached hydrogens (tertiary/aromatic N) is 3. The van der Waals surface area contributed by atoms with Crippen molar-refractivity contribution in [2.24, 2.45) is 5.10 Å². The van der Waals surface area contributed by atoms with Crippen LogP contribution >= 0.6 is 0 Å². The Balaban J connectivity index is 1.45. The predicted octanol–water partition coefficient (Wildman–Crippen LogP) is 5.66. The van der Waals surface area contributed by atoms with Crippen molar-refractivity contribution in [1.82, 2.24) is 9.99 Å². The Hall–Kier alpha value is -4.06. The summed E-state index contributed by atoms with van der Waals surface area (Å²) >= 11 is 0. The molecular weight excluding hydrogens is 412 g/mol. The molecule has 2 aromatic carbocycles. The number of hydrazone groups is 1. The molecule has 2 heterocycles. The average Bonchev–Trinajstić information content (AvgIpc) is 3.47. The third-order valence-corrected chi connectivity index (χ3v) is 5.58. The molecule has 0 saturated carbocycles. The minimum absolute atomic E-state index is 0.277. The summed E-state index contributed by atoms with van der Waals surface area (Å²) in [6.45, 7) is 7.95. The van der Waals surface area contributed by atoms with Crippen LogP contribution < -0.4 is 10.3 Å². The Bertz CT molecular complexity index is 1230. The number of benzene rings is 2. The summed E-state index contributed by atoms with van der Waals surface area (Å²) in [5.41, 5.74) is 7.47. The molecule has 0 saturated heterocycles. The number of anilines is 1. The SMILES string of the molecule is CCN(CC)c1ccc(/C=N/NC(=O)c2ccc(-n3c(C)ccc3-c3ccccc3)cc2)o1. The van der Waals surface area contributed by atoms with E-state index >= 15 is 0 Å². The maximum Gasteiger partial charge on any atom is 0.271 e. The van der Waals surface area contributed by atoms with Gasteiger partial charge in [-0.15, -0.1) is 0 Å². The highest BCUT2D eigenvalue weighted by Crippen LogP contribution is 2.26. The normalized spacial score (nSPS) is 11.1. The number of carbonyl (C=O) groups is 1. The number of hydrogen-bond donors (Lipinski definition) is 1. The molecule has 1 amide bonds. The van der Waals surface area contributed by atoms with Gasteiger partial charge in [-0.3, -0.25) is 4.79 Å². The minimum Gasteiger partial charge on any atom is -0.440 e. The molecule has 4 rings (SSSR count). The van der Waals surface area contributed by atoms with Crippen molar-refractivity contribution in [3.05, 3.63) is 95.9 Å². The fraction of sp³-hybridized carbons (Fsp3) is 0.185. The van der Waals surface area contributed by atoms with Crippen molar-refractivity contribution < 1.29 is 9.21 Å². The third-order valence-electron chi connectivity index (χ3n) is 5.58. The highest BCUT2D eigenvalue weighted by molar-refractivity contribution is 5.95. The van der Waals surface area contributed by atoms with Gasteiger partial charge in [-0.2, -0.15) is 5.10 Å². The molecule has 4 aromatic rings.